The smallest absolute Gasteiger partial charge is 0.290 e. The molecular formula is C29H26ClN5O4S. The van der Waals surface area contributed by atoms with Crippen molar-refractivity contribution in [2.75, 3.05) is 0 Å². The summed E-state index contributed by atoms with van der Waals surface area (Å²) in [4.78, 5) is 17.4. The quantitative estimate of drug-likeness (QED) is 0.188. The Hall–Kier alpha value is -4.25. The fourth-order valence-electron chi connectivity index (χ4n) is 4.21. The summed E-state index contributed by atoms with van der Waals surface area (Å²) >= 11 is 6.08. The Labute approximate surface area is 236 Å². The van der Waals surface area contributed by atoms with Crippen LogP contribution in [0.1, 0.15) is 38.8 Å². The fourth-order valence-corrected chi connectivity index (χ4v) is 5.77. The van der Waals surface area contributed by atoms with Gasteiger partial charge in [0.25, 0.3) is 5.91 Å². The SMILES string of the molecule is Cc1ccc(S(=O)(=O)N(Cc2ccccc2)Cc2ccc(/C=N/NC(=O)c3c(C)nc4ccc(Cl)cn34)o2)cc1. The lowest BCUT2D eigenvalue weighted by atomic mass is 10.2. The van der Waals surface area contributed by atoms with Crippen LogP contribution < -0.4 is 5.43 Å². The summed E-state index contributed by atoms with van der Waals surface area (Å²) in [6, 6.07) is 22.9. The number of carbonyl (C=O) groups is 1. The molecule has 0 aliphatic heterocycles. The lowest BCUT2D eigenvalue weighted by Gasteiger charge is -2.21. The summed E-state index contributed by atoms with van der Waals surface area (Å²) in [5.41, 5.74) is 5.73. The number of halogens is 1. The van der Waals surface area contributed by atoms with E-state index >= 15 is 0 Å². The molecule has 0 aliphatic carbocycles. The maximum Gasteiger partial charge on any atom is 0.290 e. The Morgan fingerprint density at radius 3 is 2.52 bits per heavy atom. The minimum Gasteiger partial charge on any atom is -0.459 e. The van der Waals surface area contributed by atoms with Crippen LogP contribution in [0.25, 0.3) is 5.65 Å². The van der Waals surface area contributed by atoms with E-state index in [1.54, 1.807) is 66.1 Å². The minimum absolute atomic E-state index is 0.00702. The van der Waals surface area contributed by atoms with E-state index in [1.165, 1.54) is 10.5 Å². The van der Waals surface area contributed by atoms with Crippen molar-refractivity contribution < 1.29 is 17.6 Å². The molecule has 0 fully saturated rings. The van der Waals surface area contributed by atoms with Gasteiger partial charge in [0.2, 0.25) is 10.0 Å². The second kappa shape index (κ2) is 11.5. The van der Waals surface area contributed by atoms with Gasteiger partial charge in [-0.25, -0.2) is 18.8 Å². The number of furan rings is 1. The molecule has 5 aromatic rings. The van der Waals surface area contributed by atoms with Crippen LogP contribution in [0.5, 0.6) is 0 Å². The Bertz CT molecular complexity index is 1800. The molecule has 0 atom stereocenters. The lowest BCUT2D eigenvalue weighted by Crippen LogP contribution is -2.30. The first-order valence-corrected chi connectivity index (χ1v) is 14.2. The molecule has 11 heteroatoms. The molecular weight excluding hydrogens is 550 g/mol. The number of nitrogens with zero attached hydrogens (tertiary/aromatic N) is 4. The molecule has 1 amide bonds. The van der Waals surface area contributed by atoms with Gasteiger partial charge in [-0.3, -0.25) is 9.20 Å². The summed E-state index contributed by atoms with van der Waals surface area (Å²) < 4.78 is 35.9. The number of hydrazone groups is 1. The number of sulfonamides is 1. The second-order valence-corrected chi connectivity index (χ2v) is 11.6. The van der Waals surface area contributed by atoms with Crippen LogP contribution in [-0.4, -0.2) is 34.2 Å². The van der Waals surface area contributed by atoms with E-state index < -0.39 is 15.9 Å². The highest BCUT2D eigenvalue weighted by molar-refractivity contribution is 7.89. The van der Waals surface area contributed by atoms with Crippen molar-refractivity contribution in [2.45, 2.75) is 31.8 Å². The number of hydrogen-bond acceptors (Lipinski definition) is 6. The molecule has 0 saturated carbocycles. The van der Waals surface area contributed by atoms with Crippen molar-refractivity contribution in [3.8, 4) is 0 Å². The first kappa shape index (κ1) is 27.3. The average molecular weight is 576 g/mol. The predicted octanol–water partition coefficient (Wildman–Crippen LogP) is 5.35. The molecule has 0 saturated heterocycles. The molecule has 204 valence electrons. The first-order chi connectivity index (χ1) is 19.2. The van der Waals surface area contributed by atoms with Gasteiger partial charge >= 0.3 is 0 Å². The van der Waals surface area contributed by atoms with Crippen LogP contribution in [0.3, 0.4) is 0 Å². The normalized spacial score (nSPS) is 12.0. The summed E-state index contributed by atoms with van der Waals surface area (Å²) in [6.45, 7) is 3.80. The first-order valence-electron chi connectivity index (χ1n) is 12.4. The highest BCUT2D eigenvalue weighted by Gasteiger charge is 2.26. The number of carbonyl (C=O) groups excluding carboxylic acids is 1. The van der Waals surface area contributed by atoms with Crippen molar-refractivity contribution in [1.82, 2.24) is 19.1 Å². The van der Waals surface area contributed by atoms with Crippen molar-refractivity contribution >= 4 is 39.4 Å². The number of nitrogens with one attached hydrogen (secondary N) is 1. The zero-order valence-corrected chi connectivity index (χ0v) is 23.4. The number of hydrogen-bond donors (Lipinski definition) is 1. The molecule has 0 spiro atoms. The van der Waals surface area contributed by atoms with Crippen LogP contribution >= 0.6 is 11.6 Å². The van der Waals surface area contributed by atoms with Crippen LogP contribution in [0.2, 0.25) is 5.02 Å². The van der Waals surface area contributed by atoms with Crippen LogP contribution in [0, 0.1) is 13.8 Å². The summed E-state index contributed by atoms with van der Waals surface area (Å²) in [5, 5.41) is 4.48. The monoisotopic (exact) mass is 575 g/mol. The Morgan fingerprint density at radius 1 is 1.02 bits per heavy atom. The van der Waals surface area contributed by atoms with Crippen molar-refractivity contribution in [3.05, 3.63) is 124 Å². The standard InChI is InChI=1S/C29H26ClN5O4S/c1-20-8-13-26(14-9-20)40(37,38)34(17-22-6-4-3-5-7-22)19-25-12-11-24(39-25)16-31-33-29(36)28-21(2)32-27-15-10-23(30)18-35(27)28/h3-16,18H,17,19H2,1-2H3,(H,33,36)/b31-16+. The third-order valence-electron chi connectivity index (χ3n) is 6.20. The van der Waals surface area contributed by atoms with Gasteiger partial charge in [-0.2, -0.15) is 9.41 Å². The number of pyridine rings is 1. The molecule has 3 heterocycles. The van der Waals surface area contributed by atoms with Gasteiger partial charge in [0.1, 0.15) is 22.9 Å². The van der Waals surface area contributed by atoms with Gasteiger partial charge in [-0.15, -0.1) is 0 Å². The number of fused-ring (bicyclic) bond motifs is 1. The predicted molar refractivity (Wildman–Crippen MR) is 153 cm³/mol. The molecule has 2 aromatic carbocycles. The van der Waals surface area contributed by atoms with Crippen LogP contribution in [-0.2, 0) is 23.1 Å². The molecule has 40 heavy (non-hydrogen) atoms. The molecule has 3 aromatic heterocycles. The number of aromatic nitrogens is 2. The zero-order valence-electron chi connectivity index (χ0n) is 21.8. The maximum absolute atomic E-state index is 13.6. The minimum atomic E-state index is -3.82. The third kappa shape index (κ3) is 5.99. The largest absolute Gasteiger partial charge is 0.459 e. The summed E-state index contributed by atoms with van der Waals surface area (Å²) in [7, 11) is -3.82. The van der Waals surface area contributed by atoms with E-state index in [0.717, 1.165) is 11.1 Å². The van der Waals surface area contributed by atoms with Crippen LogP contribution in [0.15, 0.2) is 99.5 Å². The van der Waals surface area contributed by atoms with E-state index in [9.17, 15) is 13.2 Å². The molecule has 1 N–H and O–H groups in total. The maximum atomic E-state index is 13.6. The van der Waals surface area contributed by atoms with Crippen LogP contribution in [0.4, 0.5) is 0 Å². The van der Waals surface area contributed by atoms with Gasteiger partial charge in [0.05, 0.1) is 28.4 Å². The van der Waals surface area contributed by atoms with E-state index in [4.69, 9.17) is 16.0 Å². The lowest BCUT2D eigenvalue weighted by molar-refractivity contribution is 0.0948. The fraction of sp³-hybridized carbons (Fsp3) is 0.138. The van der Waals surface area contributed by atoms with Gasteiger partial charge in [0.15, 0.2) is 0 Å². The third-order valence-corrected chi connectivity index (χ3v) is 8.23. The molecule has 5 rings (SSSR count). The van der Waals surface area contributed by atoms with Gasteiger partial charge in [-0.1, -0.05) is 59.6 Å². The molecule has 0 bridgehead atoms. The Balaban J connectivity index is 1.32. The Kier molecular flexibility index (Phi) is 7.83. The molecule has 0 unspecified atom stereocenters. The second-order valence-electron chi connectivity index (χ2n) is 9.20. The molecule has 0 radical (unpaired) electrons. The number of imidazole rings is 1. The van der Waals surface area contributed by atoms with Crippen molar-refractivity contribution in [3.63, 3.8) is 0 Å². The zero-order chi connectivity index (χ0) is 28.3. The van der Waals surface area contributed by atoms with Gasteiger partial charge in [0, 0.05) is 12.7 Å². The van der Waals surface area contributed by atoms with E-state index in [0.29, 0.717) is 33.6 Å². The Morgan fingerprint density at radius 2 is 1.77 bits per heavy atom. The summed E-state index contributed by atoms with van der Waals surface area (Å²) in [5.74, 6) is 0.306. The molecule has 9 nitrogen and oxygen atoms in total. The number of rotatable bonds is 9. The van der Waals surface area contributed by atoms with Crippen molar-refractivity contribution in [1.29, 1.82) is 0 Å². The van der Waals surface area contributed by atoms with E-state index in [1.807, 2.05) is 37.3 Å². The van der Waals surface area contributed by atoms with Gasteiger partial charge in [-0.05, 0) is 55.8 Å². The van der Waals surface area contributed by atoms with Crippen molar-refractivity contribution in [2.24, 2.45) is 5.10 Å². The van der Waals surface area contributed by atoms with Gasteiger partial charge < -0.3 is 4.42 Å². The highest BCUT2D eigenvalue weighted by atomic mass is 35.5. The van der Waals surface area contributed by atoms with E-state index in [-0.39, 0.29) is 18.0 Å². The average Bonchev–Trinajstić information content (AvgIpc) is 3.51. The number of amides is 1. The van der Waals surface area contributed by atoms with E-state index in [2.05, 4.69) is 15.5 Å². The highest BCUT2D eigenvalue weighted by Crippen LogP contribution is 2.22. The number of aryl methyl sites for hydroxylation is 2. The molecule has 0 aliphatic rings. The number of benzene rings is 2. The summed E-state index contributed by atoms with van der Waals surface area (Å²) in [6.07, 6.45) is 2.96. The topological polar surface area (TPSA) is 109 Å².